The van der Waals surface area contributed by atoms with Crippen LogP contribution in [0.4, 0.5) is 13.2 Å². The second-order valence-corrected chi connectivity index (χ2v) is 7.44. The number of rotatable bonds is 5. The van der Waals surface area contributed by atoms with Gasteiger partial charge in [0, 0.05) is 31.3 Å². The van der Waals surface area contributed by atoms with E-state index in [0.29, 0.717) is 17.8 Å². The summed E-state index contributed by atoms with van der Waals surface area (Å²) in [4.78, 5) is 22.5. The zero-order valence-corrected chi connectivity index (χ0v) is 17.2. The van der Waals surface area contributed by atoms with Crippen molar-refractivity contribution in [2.45, 2.75) is 13.1 Å². The normalized spacial score (nSPS) is 12.8. The number of aromatic nitrogens is 5. The average Bonchev–Trinajstić information content (AvgIpc) is 3.35. The predicted molar refractivity (Wildman–Crippen MR) is 108 cm³/mol. The number of halogens is 3. The summed E-state index contributed by atoms with van der Waals surface area (Å²) in [7, 11) is 1.78. The molecule has 1 aliphatic heterocycles. The van der Waals surface area contributed by atoms with E-state index in [-0.39, 0.29) is 24.5 Å². The van der Waals surface area contributed by atoms with Crippen molar-refractivity contribution < 1.29 is 22.7 Å². The van der Waals surface area contributed by atoms with Crippen LogP contribution in [-0.4, -0.2) is 35.8 Å². The van der Waals surface area contributed by atoms with Crippen LogP contribution in [0.3, 0.4) is 0 Å². The third-order valence-electron chi connectivity index (χ3n) is 5.12. The van der Waals surface area contributed by atoms with Gasteiger partial charge in [-0.3, -0.25) is 9.48 Å². The second-order valence-electron chi connectivity index (χ2n) is 7.44. The maximum absolute atomic E-state index is 14.0. The molecule has 0 saturated carbocycles. The number of carbonyl (C=O) groups excluding carboxylic acids is 1. The van der Waals surface area contributed by atoms with Gasteiger partial charge in [0.15, 0.2) is 11.6 Å². The standard InChI is InChI=1S/C22H15F3N6O2/c1-30-9-17(28-29-30)13-4-2-12(3-5-13)8-31-10-18-19(22(31)32)21(27-11-26-18)33-20-15(24)6-14(23)7-16(20)25/h2-7,9,11H,8,10H2,1H3. The first-order chi connectivity index (χ1) is 15.9. The highest BCUT2D eigenvalue weighted by Crippen LogP contribution is 2.34. The molecule has 0 unspecified atom stereocenters. The number of fused-ring (bicyclic) bond motifs is 1. The van der Waals surface area contributed by atoms with Crippen molar-refractivity contribution in [3.05, 3.63) is 83.2 Å². The van der Waals surface area contributed by atoms with Crippen molar-refractivity contribution in [2.75, 3.05) is 0 Å². The Morgan fingerprint density at radius 1 is 1.06 bits per heavy atom. The molecule has 33 heavy (non-hydrogen) atoms. The number of hydrogen-bond acceptors (Lipinski definition) is 6. The quantitative estimate of drug-likeness (QED) is 0.460. The molecule has 8 nitrogen and oxygen atoms in total. The van der Waals surface area contributed by atoms with Crippen LogP contribution in [-0.2, 0) is 20.1 Å². The van der Waals surface area contributed by atoms with Gasteiger partial charge in [-0.2, -0.15) is 0 Å². The van der Waals surface area contributed by atoms with E-state index in [1.807, 2.05) is 24.3 Å². The van der Waals surface area contributed by atoms with E-state index in [1.54, 1.807) is 17.9 Å². The minimum Gasteiger partial charge on any atom is -0.432 e. The highest BCUT2D eigenvalue weighted by molar-refractivity contribution is 5.99. The first-order valence-electron chi connectivity index (χ1n) is 9.80. The number of amides is 1. The molecule has 2 aromatic carbocycles. The maximum atomic E-state index is 14.0. The Hall–Kier alpha value is -4.28. The monoisotopic (exact) mass is 452 g/mol. The minimum absolute atomic E-state index is 0.0109. The lowest BCUT2D eigenvalue weighted by Gasteiger charge is -2.15. The van der Waals surface area contributed by atoms with Gasteiger partial charge in [-0.05, 0) is 5.56 Å². The molecule has 4 aromatic rings. The van der Waals surface area contributed by atoms with E-state index in [1.165, 1.54) is 4.90 Å². The van der Waals surface area contributed by atoms with Crippen LogP contribution in [0, 0.1) is 17.5 Å². The molecule has 1 amide bonds. The van der Waals surface area contributed by atoms with Gasteiger partial charge in [0.2, 0.25) is 11.6 Å². The van der Waals surface area contributed by atoms with Crippen molar-refractivity contribution in [3.63, 3.8) is 0 Å². The maximum Gasteiger partial charge on any atom is 0.261 e. The molecule has 5 rings (SSSR count). The van der Waals surface area contributed by atoms with Crippen LogP contribution in [0.1, 0.15) is 21.6 Å². The van der Waals surface area contributed by atoms with E-state index in [9.17, 15) is 18.0 Å². The molecule has 0 N–H and O–H groups in total. The average molecular weight is 452 g/mol. The van der Waals surface area contributed by atoms with Crippen molar-refractivity contribution in [2.24, 2.45) is 7.05 Å². The molecule has 3 heterocycles. The third-order valence-corrected chi connectivity index (χ3v) is 5.12. The number of hydrogen-bond donors (Lipinski definition) is 0. The van der Waals surface area contributed by atoms with Crippen molar-refractivity contribution in [1.29, 1.82) is 0 Å². The highest BCUT2D eigenvalue weighted by atomic mass is 19.1. The summed E-state index contributed by atoms with van der Waals surface area (Å²) < 4.78 is 48.1. The molecule has 11 heteroatoms. The second kappa shape index (κ2) is 8.01. The molecule has 0 spiro atoms. The van der Waals surface area contributed by atoms with Gasteiger partial charge in [-0.15, -0.1) is 5.10 Å². The van der Waals surface area contributed by atoms with Gasteiger partial charge in [-0.25, -0.2) is 23.1 Å². The zero-order chi connectivity index (χ0) is 23.1. The molecule has 0 atom stereocenters. The lowest BCUT2D eigenvalue weighted by Crippen LogP contribution is -2.23. The lowest BCUT2D eigenvalue weighted by molar-refractivity contribution is 0.0764. The van der Waals surface area contributed by atoms with Crippen molar-refractivity contribution in [3.8, 4) is 22.9 Å². The molecule has 166 valence electrons. The molecule has 1 aliphatic rings. The topological polar surface area (TPSA) is 86.0 Å². The van der Waals surface area contributed by atoms with Crippen LogP contribution in [0.5, 0.6) is 11.6 Å². The number of aryl methyl sites for hydroxylation is 1. The Morgan fingerprint density at radius 2 is 1.79 bits per heavy atom. The summed E-state index contributed by atoms with van der Waals surface area (Å²) >= 11 is 0. The molecule has 0 fully saturated rings. The zero-order valence-electron chi connectivity index (χ0n) is 17.2. The van der Waals surface area contributed by atoms with Gasteiger partial charge >= 0.3 is 0 Å². The summed E-state index contributed by atoms with van der Waals surface area (Å²) in [6.45, 7) is 0.446. The van der Waals surface area contributed by atoms with Crippen LogP contribution in [0.2, 0.25) is 0 Å². The number of ether oxygens (including phenoxy) is 1. The molecule has 0 aliphatic carbocycles. The summed E-state index contributed by atoms with van der Waals surface area (Å²) in [6, 6.07) is 8.46. The van der Waals surface area contributed by atoms with Crippen LogP contribution >= 0.6 is 0 Å². The highest BCUT2D eigenvalue weighted by Gasteiger charge is 2.34. The molecule has 2 aromatic heterocycles. The Kier molecular flexibility index (Phi) is 5.00. The number of carbonyl (C=O) groups is 1. The van der Waals surface area contributed by atoms with E-state index in [0.717, 1.165) is 23.1 Å². The fraction of sp³-hybridized carbons (Fsp3) is 0.136. The first-order valence-corrected chi connectivity index (χ1v) is 9.80. The molecular formula is C22H15F3N6O2. The first kappa shape index (κ1) is 20.6. The summed E-state index contributed by atoms with van der Waals surface area (Å²) in [5.74, 6) is -5.16. The molecule has 0 bridgehead atoms. The van der Waals surface area contributed by atoms with E-state index in [4.69, 9.17) is 4.74 Å². The van der Waals surface area contributed by atoms with Gasteiger partial charge in [0.05, 0.1) is 18.4 Å². The van der Waals surface area contributed by atoms with Gasteiger partial charge < -0.3 is 9.64 Å². The minimum atomic E-state index is -1.25. The smallest absolute Gasteiger partial charge is 0.261 e. The fourth-order valence-electron chi connectivity index (χ4n) is 3.56. The van der Waals surface area contributed by atoms with Crippen molar-refractivity contribution >= 4 is 5.91 Å². The molecule has 0 radical (unpaired) electrons. The van der Waals surface area contributed by atoms with Crippen molar-refractivity contribution in [1.82, 2.24) is 29.9 Å². The van der Waals surface area contributed by atoms with E-state index >= 15 is 0 Å². The Morgan fingerprint density at radius 3 is 2.45 bits per heavy atom. The number of nitrogens with zero attached hydrogens (tertiary/aromatic N) is 6. The summed E-state index contributed by atoms with van der Waals surface area (Å²) in [5, 5.41) is 7.97. The molecule has 0 saturated heterocycles. The van der Waals surface area contributed by atoms with E-state index in [2.05, 4.69) is 20.3 Å². The predicted octanol–water partition coefficient (Wildman–Crippen LogP) is 3.64. The lowest BCUT2D eigenvalue weighted by atomic mass is 10.1. The summed E-state index contributed by atoms with van der Waals surface area (Å²) in [6.07, 6.45) is 2.93. The van der Waals surface area contributed by atoms with Crippen LogP contribution in [0.25, 0.3) is 11.3 Å². The third kappa shape index (κ3) is 3.88. The number of benzene rings is 2. The largest absolute Gasteiger partial charge is 0.432 e. The van der Waals surface area contributed by atoms with Gasteiger partial charge in [0.25, 0.3) is 5.91 Å². The Balaban J connectivity index is 1.36. The Labute approximate surface area is 185 Å². The molecular weight excluding hydrogens is 437 g/mol. The van der Waals surface area contributed by atoms with Gasteiger partial charge in [0.1, 0.15) is 23.4 Å². The Bertz CT molecular complexity index is 1350. The van der Waals surface area contributed by atoms with Crippen LogP contribution in [0.15, 0.2) is 48.9 Å². The van der Waals surface area contributed by atoms with Gasteiger partial charge in [-0.1, -0.05) is 29.5 Å². The van der Waals surface area contributed by atoms with Crippen LogP contribution < -0.4 is 4.74 Å². The van der Waals surface area contributed by atoms with E-state index < -0.39 is 29.1 Å². The SMILES string of the molecule is Cn1cc(-c2ccc(CN3Cc4ncnc(Oc5c(F)cc(F)cc5F)c4C3=O)cc2)nn1. The fourth-order valence-corrected chi connectivity index (χ4v) is 3.56. The summed E-state index contributed by atoms with van der Waals surface area (Å²) in [5.41, 5.74) is 2.84.